The van der Waals surface area contributed by atoms with Gasteiger partial charge in [-0.1, -0.05) is 0 Å². The topological polar surface area (TPSA) is 137 Å². The van der Waals surface area contributed by atoms with Crippen molar-refractivity contribution < 1.29 is 27.8 Å². The summed E-state index contributed by atoms with van der Waals surface area (Å²) in [6.45, 7) is 5.00. The number of benzene rings is 2. The molecular weight excluding hydrogens is 685 g/mol. The third-order valence-corrected chi connectivity index (χ3v) is 11.2. The second-order valence-corrected chi connectivity index (χ2v) is 14.7. The van der Waals surface area contributed by atoms with E-state index in [0.29, 0.717) is 40.6 Å². The van der Waals surface area contributed by atoms with Gasteiger partial charge in [-0.25, -0.2) is 0 Å². The van der Waals surface area contributed by atoms with Gasteiger partial charge in [-0.3, -0.25) is 9.59 Å². The van der Waals surface area contributed by atoms with Crippen LogP contribution in [-0.4, -0.2) is 129 Å². The Labute approximate surface area is 283 Å². The van der Waals surface area contributed by atoms with Crippen LogP contribution in [0.1, 0.15) is 24.8 Å². The van der Waals surface area contributed by atoms with Crippen molar-refractivity contribution in [3.63, 3.8) is 0 Å². The van der Waals surface area contributed by atoms with Crippen molar-refractivity contribution in [3.05, 3.63) is 54.1 Å². The number of piperidine rings is 1. The molecule has 3 aromatic rings. The molecule has 2 amide bonds. The molecule has 4 saturated heterocycles. The number of carbonyl (C=O) groups excluding carboxylic acids is 2. The SMILES string of the molecule is N#Cc1cc(-c2ncnc([As]c3ccc(N4CCN(C5COC5)CC4)c(F)c3)n2)ccc1O[C@H]1CCN(C(=O)C2CCC(=O)N2)C[C@H]1F. The molecule has 3 atom stereocenters. The van der Waals surface area contributed by atoms with Crippen LogP contribution in [0.15, 0.2) is 42.7 Å². The van der Waals surface area contributed by atoms with Crippen molar-refractivity contribution in [2.24, 2.45) is 0 Å². The Balaban J connectivity index is 0.972. The maximum atomic E-state index is 15.2. The number of alkyl halides is 1. The van der Waals surface area contributed by atoms with Gasteiger partial charge < -0.3 is 5.32 Å². The van der Waals surface area contributed by atoms with Gasteiger partial charge >= 0.3 is 238 Å². The molecule has 15 heteroatoms. The number of likely N-dealkylation sites (tertiary alicyclic amines) is 1. The number of hydrogen-bond acceptors (Lipinski definition) is 10. The number of ether oxygens (including phenoxy) is 2. The molecule has 0 bridgehead atoms. The van der Waals surface area contributed by atoms with Gasteiger partial charge in [0.15, 0.2) is 0 Å². The number of piperazine rings is 1. The summed E-state index contributed by atoms with van der Waals surface area (Å²) in [5.41, 5.74) is 1.36. The molecule has 1 aromatic heterocycles. The van der Waals surface area contributed by atoms with Gasteiger partial charge in [-0.2, -0.15) is 0 Å². The molecule has 2 aromatic carbocycles. The molecule has 48 heavy (non-hydrogen) atoms. The number of amides is 2. The van der Waals surface area contributed by atoms with Gasteiger partial charge in [0.2, 0.25) is 11.8 Å². The molecule has 4 fully saturated rings. The number of nitrogens with one attached hydrogen (secondary N) is 1. The number of carbonyl (C=O) groups is 2. The molecular formula is C33H34AsF2N8O4. The maximum absolute atomic E-state index is 15.2. The van der Waals surface area contributed by atoms with Gasteiger partial charge in [0, 0.05) is 6.42 Å². The van der Waals surface area contributed by atoms with Crippen molar-refractivity contribution in [1.29, 1.82) is 5.26 Å². The molecule has 5 heterocycles. The van der Waals surface area contributed by atoms with Gasteiger partial charge in [0.05, 0.1) is 0 Å². The molecule has 249 valence electrons. The number of aromatic nitrogens is 3. The van der Waals surface area contributed by atoms with Crippen LogP contribution in [0, 0.1) is 17.1 Å². The summed E-state index contributed by atoms with van der Waals surface area (Å²) < 4.78 is 43.0. The van der Waals surface area contributed by atoms with E-state index in [1.807, 2.05) is 12.1 Å². The van der Waals surface area contributed by atoms with E-state index >= 15 is 8.78 Å². The first-order valence-electron chi connectivity index (χ1n) is 16.0. The van der Waals surface area contributed by atoms with Crippen molar-refractivity contribution in [3.8, 4) is 23.2 Å². The summed E-state index contributed by atoms with van der Waals surface area (Å²) in [5, 5.41) is 12.5. The third kappa shape index (κ3) is 6.99. The van der Waals surface area contributed by atoms with Gasteiger partial charge in [-0.05, 0) is 6.42 Å². The summed E-state index contributed by atoms with van der Waals surface area (Å²) in [6, 6.07) is 12.2. The average molecular weight is 720 g/mol. The van der Waals surface area contributed by atoms with Crippen LogP contribution in [-0.2, 0) is 14.3 Å². The quantitative estimate of drug-likeness (QED) is 0.325. The molecule has 7 rings (SSSR count). The van der Waals surface area contributed by atoms with E-state index in [4.69, 9.17) is 9.47 Å². The number of halogens is 2. The van der Waals surface area contributed by atoms with Crippen LogP contribution >= 0.6 is 0 Å². The van der Waals surface area contributed by atoms with E-state index in [2.05, 4.69) is 36.1 Å². The normalized spacial score (nSPS) is 23.6. The third-order valence-electron chi connectivity index (χ3n) is 9.23. The zero-order valence-electron chi connectivity index (χ0n) is 26.1. The molecule has 1 unspecified atom stereocenters. The molecule has 0 aliphatic carbocycles. The Bertz CT molecular complexity index is 1730. The zero-order valence-corrected chi connectivity index (χ0v) is 28.0. The van der Waals surface area contributed by atoms with Gasteiger partial charge in [-0.15, -0.1) is 0 Å². The second kappa shape index (κ2) is 14.1. The molecule has 0 saturated carbocycles. The van der Waals surface area contributed by atoms with E-state index in [1.165, 1.54) is 11.2 Å². The monoisotopic (exact) mass is 719 g/mol. The van der Waals surface area contributed by atoms with Gasteiger partial charge in [0.1, 0.15) is 6.04 Å². The second-order valence-electron chi connectivity index (χ2n) is 12.3. The molecule has 4 aliphatic rings. The number of nitriles is 1. The fraction of sp³-hybridized carbons (Fsp3) is 0.455. The number of nitrogens with zero attached hydrogens (tertiary/aromatic N) is 7. The first-order valence-corrected chi connectivity index (χ1v) is 17.9. The van der Waals surface area contributed by atoms with Crippen molar-refractivity contribution >= 4 is 42.2 Å². The molecule has 1 radical (unpaired) electrons. The Hall–Kier alpha value is -4.18. The fourth-order valence-corrected chi connectivity index (χ4v) is 8.14. The minimum absolute atomic E-state index is 0.147. The Morgan fingerprint density at radius 1 is 1.08 bits per heavy atom. The molecule has 1 N–H and O–H groups in total. The summed E-state index contributed by atoms with van der Waals surface area (Å²) in [7, 11) is 0. The molecule has 12 nitrogen and oxygen atoms in total. The first kappa shape index (κ1) is 32.4. The van der Waals surface area contributed by atoms with Crippen molar-refractivity contribution in [2.75, 3.05) is 57.4 Å². The van der Waals surface area contributed by atoms with Gasteiger partial charge in [0.25, 0.3) is 0 Å². The van der Waals surface area contributed by atoms with Crippen molar-refractivity contribution in [1.82, 2.24) is 30.1 Å². The predicted molar refractivity (Wildman–Crippen MR) is 171 cm³/mol. The number of rotatable bonds is 8. The first-order chi connectivity index (χ1) is 23.3. The van der Waals surface area contributed by atoms with E-state index in [0.717, 1.165) is 43.7 Å². The van der Waals surface area contributed by atoms with Crippen LogP contribution in [0.3, 0.4) is 0 Å². The Morgan fingerprint density at radius 3 is 2.60 bits per heavy atom. The van der Waals surface area contributed by atoms with E-state index < -0.39 is 34.1 Å². The number of hydrogen-bond donors (Lipinski definition) is 1. The Kier molecular flexibility index (Phi) is 9.52. The van der Waals surface area contributed by atoms with Crippen molar-refractivity contribution in [2.45, 2.75) is 43.6 Å². The number of anilines is 1. The summed E-state index contributed by atoms with van der Waals surface area (Å²) in [4.78, 5) is 43.3. The zero-order chi connectivity index (χ0) is 33.2. The predicted octanol–water partition coefficient (Wildman–Crippen LogP) is 0.322. The molecule has 4 aliphatic heterocycles. The van der Waals surface area contributed by atoms with E-state index in [-0.39, 0.29) is 48.5 Å². The van der Waals surface area contributed by atoms with Crippen LogP contribution in [0.2, 0.25) is 0 Å². The summed E-state index contributed by atoms with van der Waals surface area (Å²) in [6.07, 6.45) is 0.0523. The fourth-order valence-electron chi connectivity index (χ4n) is 6.44. The minimum atomic E-state index is -1.46. The van der Waals surface area contributed by atoms with E-state index in [9.17, 15) is 14.9 Å². The van der Waals surface area contributed by atoms with Crippen LogP contribution in [0.25, 0.3) is 11.4 Å². The van der Waals surface area contributed by atoms with E-state index in [1.54, 1.807) is 24.3 Å². The summed E-state index contributed by atoms with van der Waals surface area (Å²) in [5.74, 6) is -0.131. The standard InChI is InChI=1S/C33H34AsF2N8O4/c35-24-14-22(2-4-27(24)43-11-9-42(10-12-43)23-17-47-18-23)34-33-39-19-38-31(41-33)20-1-5-28(21(13-20)15-37)48-29-7-8-44(16-25(29)36)32(46)26-3-6-30(45)40-26/h1-2,4-5,13-14,19,23,25-26,29H,3,6-12,16-18H2,(H,40,45)/t25-,26?,29+/m1/s1. The van der Waals surface area contributed by atoms with Crippen LogP contribution < -0.4 is 23.9 Å². The summed E-state index contributed by atoms with van der Waals surface area (Å²) >= 11 is -0.734. The average Bonchev–Trinajstić information content (AvgIpc) is 3.51. The molecule has 0 spiro atoms. The van der Waals surface area contributed by atoms with Crippen LogP contribution in [0.4, 0.5) is 14.5 Å². The van der Waals surface area contributed by atoms with Crippen LogP contribution in [0.5, 0.6) is 5.75 Å². The Morgan fingerprint density at radius 2 is 1.92 bits per heavy atom.